The number of aromatic amines is 1. The Morgan fingerprint density at radius 3 is 2.79 bits per heavy atom. The van der Waals surface area contributed by atoms with Gasteiger partial charge in [0.2, 0.25) is 0 Å². The van der Waals surface area contributed by atoms with E-state index in [0.29, 0.717) is 13.0 Å². The van der Waals surface area contributed by atoms with Crippen molar-refractivity contribution in [3.8, 4) is 5.75 Å². The van der Waals surface area contributed by atoms with E-state index in [2.05, 4.69) is 32.3 Å². The number of alkyl halides is 1. The number of ether oxygens (including phenoxy) is 2. The van der Waals surface area contributed by atoms with E-state index in [1.165, 1.54) is 0 Å². The lowest BCUT2D eigenvalue weighted by Crippen LogP contribution is -2.38. The topological polar surface area (TPSA) is 63.3 Å². The van der Waals surface area contributed by atoms with Crippen molar-refractivity contribution in [1.29, 1.82) is 0 Å². The van der Waals surface area contributed by atoms with Crippen LogP contribution in [0.3, 0.4) is 0 Å². The number of carbonyl (C=O) groups is 1. The fourth-order valence-electron chi connectivity index (χ4n) is 2.51. The third kappa shape index (κ3) is 5.16. The van der Waals surface area contributed by atoms with Crippen molar-refractivity contribution in [2.24, 2.45) is 0 Å². The highest BCUT2D eigenvalue weighted by molar-refractivity contribution is 9.09. The van der Waals surface area contributed by atoms with E-state index in [1.807, 2.05) is 46.0 Å². The van der Waals surface area contributed by atoms with Gasteiger partial charge in [0, 0.05) is 23.0 Å². The summed E-state index contributed by atoms with van der Waals surface area (Å²) in [6.45, 7) is 8.14. The molecule has 0 saturated heterocycles. The molecule has 1 aromatic heterocycles. The fraction of sp³-hybridized carbons (Fsp3) is 0.500. The molecule has 1 aromatic carbocycles. The van der Waals surface area contributed by atoms with Crippen LogP contribution in [0.4, 0.5) is 4.79 Å². The van der Waals surface area contributed by atoms with Gasteiger partial charge in [0.1, 0.15) is 11.4 Å². The van der Waals surface area contributed by atoms with Crippen LogP contribution in [-0.2, 0) is 11.2 Å². The molecule has 5 nitrogen and oxygen atoms in total. The van der Waals surface area contributed by atoms with E-state index in [0.717, 1.165) is 27.5 Å². The molecule has 0 radical (unpaired) electrons. The number of para-hydroxylation sites is 1. The molecule has 6 heteroatoms. The van der Waals surface area contributed by atoms with Crippen molar-refractivity contribution in [2.45, 2.75) is 45.8 Å². The van der Waals surface area contributed by atoms with Crippen molar-refractivity contribution >= 4 is 32.9 Å². The predicted octanol–water partition coefficient (Wildman–Crippen LogP) is 4.40. The number of rotatable bonds is 6. The highest BCUT2D eigenvalue weighted by atomic mass is 79.9. The predicted molar refractivity (Wildman–Crippen MR) is 100 cm³/mol. The summed E-state index contributed by atoms with van der Waals surface area (Å²) >= 11 is 3.37. The van der Waals surface area contributed by atoms with Gasteiger partial charge in [-0.3, -0.25) is 0 Å². The van der Waals surface area contributed by atoms with Gasteiger partial charge < -0.3 is 19.8 Å². The van der Waals surface area contributed by atoms with E-state index in [1.54, 1.807) is 0 Å². The summed E-state index contributed by atoms with van der Waals surface area (Å²) in [4.78, 5) is 15.1. The lowest BCUT2D eigenvalue weighted by molar-refractivity contribution is 0.0508. The van der Waals surface area contributed by atoms with Gasteiger partial charge in [-0.05, 0) is 45.7 Å². The van der Waals surface area contributed by atoms with Crippen molar-refractivity contribution in [3.05, 3.63) is 30.0 Å². The average Bonchev–Trinajstić information content (AvgIpc) is 2.86. The number of benzene rings is 1. The summed E-state index contributed by atoms with van der Waals surface area (Å²) in [6.07, 6.45) is 2.29. The molecular weight excluding hydrogens is 372 g/mol. The summed E-state index contributed by atoms with van der Waals surface area (Å²) in [7, 11) is 0. The van der Waals surface area contributed by atoms with Gasteiger partial charge in [0.05, 0.1) is 12.1 Å². The highest BCUT2D eigenvalue weighted by Gasteiger charge is 2.18. The number of halogens is 1. The van der Waals surface area contributed by atoms with Crippen molar-refractivity contribution < 1.29 is 14.3 Å². The third-order valence-electron chi connectivity index (χ3n) is 3.39. The second-order valence-corrected chi connectivity index (χ2v) is 7.57. The molecule has 2 rings (SSSR count). The van der Waals surface area contributed by atoms with Gasteiger partial charge in [-0.1, -0.05) is 28.1 Å². The molecular formula is C18H25BrN2O3. The van der Waals surface area contributed by atoms with Crippen molar-refractivity contribution in [3.63, 3.8) is 0 Å². The molecule has 0 aliphatic rings. The van der Waals surface area contributed by atoms with Gasteiger partial charge >= 0.3 is 6.09 Å². The van der Waals surface area contributed by atoms with E-state index < -0.39 is 11.7 Å². The first kappa shape index (κ1) is 18.6. The minimum atomic E-state index is -0.494. The van der Waals surface area contributed by atoms with Crippen LogP contribution >= 0.6 is 15.9 Å². The maximum absolute atomic E-state index is 11.9. The van der Waals surface area contributed by atoms with Crippen molar-refractivity contribution in [1.82, 2.24) is 10.3 Å². The quantitative estimate of drug-likeness (QED) is 0.711. The van der Waals surface area contributed by atoms with Gasteiger partial charge in [-0.2, -0.15) is 0 Å². The monoisotopic (exact) mass is 396 g/mol. The summed E-state index contributed by atoms with van der Waals surface area (Å²) in [5, 5.41) is 4.77. The molecule has 2 aromatic rings. The number of amides is 1. The maximum atomic E-state index is 11.9. The maximum Gasteiger partial charge on any atom is 0.407 e. The number of alkyl carbamates (subject to hydrolysis) is 1. The van der Waals surface area contributed by atoms with Crippen LogP contribution in [0.15, 0.2) is 24.4 Å². The molecule has 1 amide bonds. The molecule has 0 aliphatic heterocycles. The summed E-state index contributed by atoms with van der Waals surface area (Å²) < 4.78 is 11.0. The Morgan fingerprint density at radius 2 is 2.12 bits per heavy atom. The minimum Gasteiger partial charge on any atom is -0.491 e. The average molecular weight is 397 g/mol. The van der Waals surface area contributed by atoms with Crippen LogP contribution in [0.2, 0.25) is 0 Å². The number of hydrogen-bond acceptors (Lipinski definition) is 3. The van der Waals surface area contributed by atoms with E-state index in [-0.39, 0.29) is 6.04 Å². The highest BCUT2D eigenvalue weighted by Crippen LogP contribution is 2.28. The number of hydrogen-bond donors (Lipinski definition) is 2. The van der Waals surface area contributed by atoms with Gasteiger partial charge in [0.25, 0.3) is 0 Å². The summed E-state index contributed by atoms with van der Waals surface area (Å²) in [6, 6.07) is 5.96. The lowest BCUT2D eigenvalue weighted by atomic mass is 10.1. The Morgan fingerprint density at radius 1 is 1.38 bits per heavy atom. The summed E-state index contributed by atoms with van der Waals surface area (Å²) in [5.41, 5.74) is 1.63. The molecule has 1 atom stereocenters. The number of nitrogens with one attached hydrogen (secondary N) is 2. The van der Waals surface area contributed by atoms with Gasteiger partial charge in [-0.25, -0.2) is 4.79 Å². The van der Waals surface area contributed by atoms with Gasteiger partial charge in [0.15, 0.2) is 0 Å². The van der Waals surface area contributed by atoms with Crippen LogP contribution in [0.25, 0.3) is 10.9 Å². The Labute approximate surface area is 151 Å². The first-order valence-electron chi connectivity index (χ1n) is 8.07. The molecule has 1 heterocycles. The van der Waals surface area contributed by atoms with Gasteiger partial charge in [-0.15, -0.1) is 0 Å². The Bertz CT molecular complexity index is 691. The molecule has 0 fully saturated rings. The number of carbonyl (C=O) groups excluding carboxylic acids is 1. The number of fused-ring (bicyclic) bond motifs is 1. The molecule has 0 aliphatic carbocycles. The lowest BCUT2D eigenvalue weighted by Gasteiger charge is -2.21. The second-order valence-electron chi connectivity index (χ2n) is 6.78. The fourth-order valence-corrected chi connectivity index (χ4v) is 2.67. The molecule has 0 saturated carbocycles. The third-order valence-corrected chi connectivity index (χ3v) is 3.71. The Kier molecular flexibility index (Phi) is 6.15. The number of aromatic nitrogens is 1. The van der Waals surface area contributed by atoms with Crippen LogP contribution in [0, 0.1) is 0 Å². The van der Waals surface area contributed by atoms with Crippen LogP contribution < -0.4 is 10.1 Å². The normalized spacial score (nSPS) is 12.9. The van der Waals surface area contributed by atoms with E-state index >= 15 is 0 Å². The van der Waals surface area contributed by atoms with Crippen LogP contribution in [-0.4, -0.2) is 34.7 Å². The minimum absolute atomic E-state index is 0.0361. The zero-order valence-corrected chi connectivity index (χ0v) is 16.2. The molecule has 0 unspecified atom stereocenters. The molecule has 0 spiro atoms. The van der Waals surface area contributed by atoms with Crippen LogP contribution in [0.5, 0.6) is 5.75 Å². The van der Waals surface area contributed by atoms with Crippen molar-refractivity contribution in [2.75, 3.05) is 11.9 Å². The zero-order valence-electron chi connectivity index (χ0n) is 14.6. The smallest absolute Gasteiger partial charge is 0.407 e. The molecule has 0 bridgehead atoms. The number of H-pyrrole nitrogens is 1. The Balaban J connectivity index is 2.06. The SMILES string of the molecule is C[C@H](Cc1c[nH]c2c(OCCBr)cccc12)NC(=O)OC(C)(C)C. The largest absolute Gasteiger partial charge is 0.491 e. The second kappa shape index (κ2) is 7.92. The van der Waals surface area contributed by atoms with Crippen LogP contribution in [0.1, 0.15) is 33.3 Å². The summed E-state index contributed by atoms with van der Waals surface area (Å²) in [5.74, 6) is 0.839. The first-order chi connectivity index (χ1) is 11.3. The molecule has 2 N–H and O–H groups in total. The molecule has 24 heavy (non-hydrogen) atoms. The molecule has 132 valence electrons. The zero-order chi connectivity index (χ0) is 17.7. The van der Waals surface area contributed by atoms with E-state index in [9.17, 15) is 4.79 Å². The van der Waals surface area contributed by atoms with E-state index in [4.69, 9.17) is 9.47 Å². The first-order valence-corrected chi connectivity index (χ1v) is 9.19. The standard InChI is InChI=1S/C18H25BrN2O3/c1-12(21-17(22)24-18(2,3)4)10-13-11-20-16-14(13)6-5-7-15(16)23-9-8-19/h5-7,11-12,20H,8-10H2,1-4H3,(H,21,22)/t12-/m1/s1. The Hall–Kier alpha value is -1.69.